The van der Waals surface area contributed by atoms with E-state index in [9.17, 15) is 0 Å². The van der Waals surface area contributed by atoms with Crippen molar-refractivity contribution in [3.8, 4) is 0 Å². The molecule has 0 aliphatic carbocycles. The molecule has 0 nitrogen and oxygen atoms in total. The fourth-order valence-corrected chi connectivity index (χ4v) is 4.32. The van der Waals surface area contributed by atoms with E-state index in [1.165, 1.54) is 25.1 Å². The molecule has 0 aliphatic heterocycles. The second kappa shape index (κ2) is 6.53. The summed E-state index contributed by atoms with van der Waals surface area (Å²) in [5.74, 6) is 0. The smallest absolute Gasteiger partial charge is 0.0656 e. The van der Waals surface area contributed by atoms with E-state index in [0.29, 0.717) is 4.83 Å². The molecule has 2 rings (SSSR count). The van der Waals surface area contributed by atoms with Gasteiger partial charge in [-0.3, -0.25) is 0 Å². The van der Waals surface area contributed by atoms with Gasteiger partial charge in [-0.15, -0.1) is 11.3 Å². The molecular formula is C15H16BrIS. The maximum Gasteiger partial charge on any atom is 0.0656 e. The molecule has 96 valence electrons. The largest absolute Gasteiger partial charge is 0.137 e. The maximum absolute atomic E-state index is 3.87. The van der Waals surface area contributed by atoms with Gasteiger partial charge in [0.1, 0.15) is 0 Å². The van der Waals surface area contributed by atoms with Crippen LogP contribution in [0.1, 0.15) is 40.9 Å². The molecule has 0 aliphatic rings. The van der Waals surface area contributed by atoms with Crippen LogP contribution in [0.25, 0.3) is 0 Å². The Morgan fingerprint density at radius 2 is 2.00 bits per heavy atom. The maximum atomic E-state index is 3.87. The summed E-state index contributed by atoms with van der Waals surface area (Å²) in [6.45, 7) is 4.43. The molecule has 0 fully saturated rings. The quantitative estimate of drug-likeness (QED) is 0.411. The Balaban J connectivity index is 2.41. The molecule has 0 bridgehead atoms. The topological polar surface area (TPSA) is 0 Å². The van der Waals surface area contributed by atoms with Gasteiger partial charge in [-0.2, -0.15) is 0 Å². The fraction of sp³-hybridized carbons (Fsp3) is 0.333. The van der Waals surface area contributed by atoms with Gasteiger partial charge in [-0.05, 0) is 69.1 Å². The second-order valence-corrected chi connectivity index (χ2v) is 8.01. The zero-order chi connectivity index (χ0) is 13.1. The molecule has 1 aromatic heterocycles. The zero-order valence-electron chi connectivity index (χ0n) is 10.5. The highest BCUT2D eigenvalue weighted by Crippen LogP contribution is 2.36. The SMILES string of the molecule is CCc1ccc(CC)c(C(Br)c2csc(I)c2)c1. The van der Waals surface area contributed by atoms with Crippen molar-refractivity contribution in [3.63, 3.8) is 0 Å². The van der Waals surface area contributed by atoms with Crippen molar-refractivity contribution in [1.29, 1.82) is 0 Å². The van der Waals surface area contributed by atoms with Gasteiger partial charge in [0.15, 0.2) is 0 Å². The minimum atomic E-state index is 0.318. The second-order valence-electron chi connectivity index (χ2n) is 4.29. The minimum absolute atomic E-state index is 0.318. The standard InChI is InChI=1S/C15H16BrIS/c1-3-10-5-6-11(4-2)13(7-10)15(16)12-8-14(17)18-9-12/h5-9,15H,3-4H2,1-2H3. The fourth-order valence-electron chi connectivity index (χ4n) is 2.06. The van der Waals surface area contributed by atoms with Crippen molar-refractivity contribution in [2.75, 3.05) is 0 Å². The monoisotopic (exact) mass is 434 g/mol. The first kappa shape index (κ1) is 14.5. The van der Waals surface area contributed by atoms with Gasteiger partial charge >= 0.3 is 0 Å². The molecule has 0 saturated carbocycles. The van der Waals surface area contributed by atoms with Gasteiger partial charge < -0.3 is 0 Å². The number of hydrogen-bond donors (Lipinski definition) is 0. The molecule has 2 aromatic rings. The number of thiophene rings is 1. The van der Waals surface area contributed by atoms with Gasteiger partial charge in [0.2, 0.25) is 0 Å². The van der Waals surface area contributed by atoms with Crippen LogP contribution in [-0.2, 0) is 12.8 Å². The van der Waals surface area contributed by atoms with Gasteiger partial charge in [-0.1, -0.05) is 48.0 Å². The van der Waals surface area contributed by atoms with Crippen molar-refractivity contribution in [3.05, 3.63) is 54.8 Å². The van der Waals surface area contributed by atoms with Crippen LogP contribution in [0.15, 0.2) is 29.6 Å². The molecular weight excluding hydrogens is 419 g/mol. The lowest BCUT2D eigenvalue weighted by molar-refractivity contribution is 1.03. The summed E-state index contributed by atoms with van der Waals surface area (Å²) in [6, 6.07) is 9.14. The third-order valence-corrected chi connectivity index (χ3v) is 5.98. The van der Waals surface area contributed by atoms with Crippen molar-refractivity contribution < 1.29 is 0 Å². The van der Waals surface area contributed by atoms with E-state index in [1.807, 2.05) is 11.3 Å². The first-order chi connectivity index (χ1) is 8.65. The number of hydrogen-bond acceptors (Lipinski definition) is 1. The van der Waals surface area contributed by atoms with E-state index in [-0.39, 0.29) is 0 Å². The van der Waals surface area contributed by atoms with Crippen LogP contribution in [0.4, 0.5) is 0 Å². The third kappa shape index (κ3) is 3.17. The summed E-state index contributed by atoms with van der Waals surface area (Å²) in [5, 5.41) is 2.25. The van der Waals surface area contributed by atoms with Gasteiger partial charge in [0.25, 0.3) is 0 Å². The van der Waals surface area contributed by atoms with Crippen LogP contribution in [0, 0.1) is 2.88 Å². The Labute approximate surface area is 135 Å². The minimum Gasteiger partial charge on any atom is -0.137 e. The van der Waals surface area contributed by atoms with Crippen LogP contribution in [0.5, 0.6) is 0 Å². The summed E-state index contributed by atoms with van der Waals surface area (Å²) in [7, 11) is 0. The van der Waals surface area contributed by atoms with Crippen molar-refractivity contribution in [2.24, 2.45) is 0 Å². The summed E-state index contributed by atoms with van der Waals surface area (Å²) < 4.78 is 1.34. The third-order valence-electron chi connectivity index (χ3n) is 3.15. The van der Waals surface area contributed by atoms with Crippen molar-refractivity contribution in [1.82, 2.24) is 0 Å². The Morgan fingerprint density at radius 3 is 2.56 bits per heavy atom. The van der Waals surface area contributed by atoms with Crippen LogP contribution in [0.3, 0.4) is 0 Å². The molecule has 1 heterocycles. The first-order valence-electron chi connectivity index (χ1n) is 6.15. The Morgan fingerprint density at radius 1 is 1.22 bits per heavy atom. The van der Waals surface area contributed by atoms with Crippen LogP contribution in [0.2, 0.25) is 0 Å². The normalized spacial score (nSPS) is 12.7. The molecule has 0 N–H and O–H groups in total. The number of rotatable bonds is 4. The van der Waals surface area contributed by atoms with E-state index in [1.54, 1.807) is 0 Å². The molecule has 1 aromatic carbocycles. The van der Waals surface area contributed by atoms with Gasteiger partial charge in [0, 0.05) is 0 Å². The summed E-state index contributed by atoms with van der Waals surface area (Å²) in [6.07, 6.45) is 2.18. The number of halogens is 2. The van der Waals surface area contributed by atoms with E-state index in [0.717, 1.165) is 12.8 Å². The van der Waals surface area contributed by atoms with E-state index in [4.69, 9.17) is 0 Å². The molecule has 0 saturated heterocycles. The molecule has 0 spiro atoms. The number of alkyl halides is 1. The molecule has 0 radical (unpaired) electrons. The first-order valence-corrected chi connectivity index (χ1v) is 9.02. The summed E-state index contributed by atoms with van der Waals surface area (Å²) in [5.41, 5.74) is 5.64. The Bertz CT molecular complexity index is 533. The highest BCUT2D eigenvalue weighted by molar-refractivity contribution is 14.1. The van der Waals surface area contributed by atoms with E-state index >= 15 is 0 Å². The van der Waals surface area contributed by atoms with E-state index in [2.05, 4.69) is 82.0 Å². The lowest BCUT2D eigenvalue weighted by atomic mass is 9.96. The molecule has 1 unspecified atom stereocenters. The Kier molecular flexibility index (Phi) is 5.27. The predicted octanol–water partition coefficient (Wildman–Crippen LogP) is 5.96. The highest BCUT2D eigenvalue weighted by atomic mass is 127. The zero-order valence-corrected chi connectivity index (χ0v) is 15.1. The average molecular weight is 435 g/mol. The van der Waals surface area contributed by atoms with Gasteiger partial charge in [0.05, 0.1) is 7.71 Å². The molecule has 0 amide bonds. The summed E-state index contributed by atoms with van der Waals surface area (Å²) in [4.78, 5) is 0.318. The van der Waals surface area contributed by atoms with Crippen LogP contribution < -0.4 is 0 Å². The number of aryl methyl sites for hydroxylation is 2. The van der Waals surface area contributed by atoms with Crippen LogP contribution >= 0.6 is 49.9 Å². The lowest BCUT2D eigenvalue weighted by Gasteiger charge is -2.15. The van der Waals surface area contributed by atoms with Crippen LogP contribution in [-0.4, -0.2) is 0 Å². The lowest BCUT2D eigenvalue weighted by Crippen LogP contribution is -1.98. The highest BCUT2D eigenvalue weighted by Gasteiger charge is 2.15. The van der Waals surface area contributed by atoms with Gasteiger partial charge in [-0.25, -0.2) is 0 Å². The van der Waals surface area contributed by atoms with Crippen molar-refractivity contribution in [2.45, 2.75) is 31.5 Å². The molecule has 18 heavy (non-hydrogen) atoms. The number of benzene rings is 1. The Hall–Kier alpha value is 0.130. The van der Waals surface area contributed by atoms with Crippen molar-refractivity contribution >= 4 is 49.9 Å². The molecule has 1 atom stereocenters. The average Bonchev–Trinajstić information content (AvgIpc) is 2.83. The molecule has 3 heteroatoms. The van der Waals surface area contributed by atoms with E-state index < -0.39 is 0 Å². The summed E-state index contributed by atoms with van der Waals surface area (Å²) >= 11 is 8.06. The predicted molar refractivity (Wildman–Crippen MR) is 93.0 cm³/mol.